The first kappa shape index (κ1) is 30.2. The number of amides is 1. The zero-order chi connectivity index (χ0) is 30.0. The quantitative estimate of drug-likeness (QED) is 0.182. The van der Waals surface area contributed by atoms with Crippen LogP contribution in [0.4, 0.5) is 15.8 Å². The van der Waals surface area contributed by atoms with E-state index < -0.39 is 0 Å². The lowest BCUT2D eigenvalue weighted by Gasteiger charge is -2.17. The molecule has 0 bridgehead atoms. The van der Waals surface area contributed by atoms with Crippen LogP contribution < -0.4 is 14.4 Å². The summed E-state index contributed by atoms with van der Waals surface area (Å²) in [5.74, 6) is 0.235. The lowest BCUT2D eigenvalue weighted by molar-refractivity contribution is -0.113. The minimum absolute atomic E-state index is 0.0212. The molecule has 0 saturated carbocycles. The van der Waals surface area contributed by atoms with Crippen molar-refractivity contribution in [2.45, 2.75) is 20.5 Å². The van der Waals surface area contributed by atoms with Gasteiger partial charge in [-0.2, -0.15) is 0 Å². The second kappa shape index (κ2) is 12.9. The van der Waals surface area contributed by atoms with Crippen LogP contribution in [0.15, 0.2) is 87.2 Å². The van der Waals surface area contributed by atoms with Gasteiger partial charge in [0.2, 0.25) is 0 Å². The minimum atomic E-state index is -0.351. The number of anilines is 1. The molecule has 4 aromatic carbocycles. The van der Waals surface area contributed by atoms with Crippen molar-refractivity contribution in [1.82, 2.24) is 0 Å². The molecule has 1 amide bonds. The number of hydrogen-bond acceptors (Lipinski definition) is 5. The zero-order valence-corrected chi connectivity index (χ0v) is 26.7. The van der Waals surface area contributed by atoms with Crippen molar-refractivity contribution < 1.29 is 18.7 Å². The molecule has 42 heavy (non-hydrogen) atoms. The van der Waals surface area contributed by atoms with Gasteiger partial charge in [0.25, 0.3) is 5.91 Å². The molecule has 214 valence electrons. The largest absolute Gasteiger partial charge is 0.493 e. The van der Waals surface area contributed by atoms with Gasteiger partial charge in [-0.3, -0.25) is 9.69 Å². The Morgan fingerprint density at radius 3 is 2.40 bits per heavy atom. The van der Waals surface area contributed by atoms with Crippen molar-refractivity contribution in [2.75, 3.05) is 12.0 Å². The molecular formula is C32H24BrCl2FN2O3S. The number of carbonyl (C=O) groups is 1. The molecule has 1 aliphatic heterocycles. The number of aliphatic imine (C=N–C) groups is 1. The number of carbonyl (C=O) groups excluding carboxylic acids is 1. The van der Waals surface area contributed by atoms with Crippen LogP contribution in [-0.4, -0.2) is 18.2 Å². The number of hydrogen-bond donors (Lipinski definition) is 0. The highest BCUT2D eigenvalue weighted by atomic mass is 79.9. The summed E-state index contributed by atoms with van der Waals surface area (Å²) in [7, 11) is 1.52. The van der Waals surface area contributed by atoms with Gasteiger partial charge in [-0.15, -0.1) is 0 Å². The summed E-state index contributed by atoms with van der Waals surface area (Å²) in [5, 5.41) is 1.59. The minimum Gasteiger partial charge on any atom is -0.493 e. The third-order valence-corrected chi connectivity index (χ3v) is 8.85. The lowest BCUT2D eigenvalue weighted by atomic mass is 10.1. The number of benzene rings is 4. The Morgan fingerprint density at radius 1 is 1.00 bits per heavy atom. The second-order valence-electron chi connectivity index (χ2n) is 9.43. The van der Waals surface area contributed by atoms with E-state index in [4.69, 9.17) is 37.7 Å². The molecule has 1 fully saturated rings. The molecule has 0 spiro atoms. The zero-order valence-electron chi connectivity index (χ0n) is 22.8. The number of thioether (sulfide) groups is 1. The van der Waals surface area contributed by atoms with Crippen molar-refractivity contribution in [2.24, 2.45) is 4.99 Å². The average Bonchev–Trinajstić information content (AvgIpc) is 3.26. The van der Waals surface area contributed by atoms with Crippen LogP contribution in [-0.2, 0) is 11.4 Å². The van der Waals surface area contributed by atoms with E-state index in [0.717, 1.165) is 11.1 Å². The van der Waals surface area contributed by atoms with Gasteiger partial charge in [-0.05, 0) is 107 Å². The Balaban J connectivity index is 1.51. The lowest BCUT2D eigenvalue weighted by Crippen LogP contribution is -2.28. The van der Waals surface area contributed by atoms with Gasteiger partial charge in [0.1, 0.15) is 12.4 Å². The van der Waals surface area contributed by atoms with Crippen LogP contribution in [0, 0.1) is 19.7 Å². The van der Waals surface area contributed by atoms with E-state index in [-0.39, 0.29) is 18.3 Å². The molecule has 0 atom stereocenters. The average molecular weight is 686 g/mol. The summed E-state index contributed by atoms with van der Waals surface area (Å²) in [4.78, 5) is 20.6. The summed E-state index contributed by atoms with van der Waals surface area (Å²) in [6.07, 6.45) is 1.76. The van der Waals surface area contributed by atoms with Gasteiger partial charge in [-0.1, -0.05) is 53.5 Å². The number of halogens is 4. The fraction of sp³-hybridized carbons (Fsp3) is 0.125. The van der Waals surface area contributed by atoms with Crippen molar-refractivity contribution in [3.05, 3.63) is 120 Å². The molecule has 0 aromatic heterocycles. The van der Waals surface area contributed by atoms with E-state index in [1.165, 1.54) is 29.8 Å². The maximum absolute atomic E-state index is 14.1. The first-order valence-electron chi connectivity index (χ1n) is 12.7. The second-order valence-corrected chi connectivity index (χ2v) is 12.1. The highest BCUT2D eigenvalue weighted by Gasteiger charge is 2.35. The molecule has 0 N–H and O–H groups in total. The Kier molecular flexibility index (Phi) is 9.28. The predicted molar refractivity (Wildman–Crippen MR) is 174 cm³/mol. The van der Waals surface area contributed by atoms with Gasteiger partial charge in [-0.25, -0.2) is 9.38 Å². The summed E-state index contributed by atoms with van der Waals surface area (Å²) in [6, 6.07) is 20.9. The number of amidine groups is 1. The fourth-order valence-electron chi connectivity index (χ4n) is 4.14. The van der Waals surface area contributed by atoms with E-state index in [2.05, 4.69) is 15.9 Å². The summed E-state index contributed by atoms with van der Waals surface area (Å²) in [6.45, 7) is 3.83. The number of aryl methyl sites for hydroxylation is 2. The molecule has 0 radical (unpaired) electrons. The van der Waals surface area contributed by atoms with Crippen molar-refractivity contribution in [3.63, 3.8) is 0 Å². The van der Waals surface area contributed by atoms with Crippen LogP contribution in [0.1, 0.15) is 22.3 Å². The molecule has 1 heterocycles. The van der Waals surface area contributed by atoms with E-state index >= 15 is 0 Å². The normalized spacial score (nSPS) is 15.1. The van der Waals surface area contributed by atoms with Crippen LogP contribution in [0.2, 0.25) is 10.0 Å². The SMILES string of the molecule is COc1cc(/C=C2/SC(=Nc3ccc(C)c(Cl)c3)N(c3ccc(C)c(Cl)c3)C2=O)cc(Br)c1OCc1ccccc1F. The summed E-state index contributed by atoms with van der Waals surface area (Å²) >= 11 is 17.6. The first-order chi connectivity index (χ1) is 20.1. The maximum atomic E-state index is 14.1. The monoisotopic (exact) mass is 684 g/mol. The molecule has 4 aromatic rings. The molecule has 0 aliphatic carbocycles. The van der Waals surface area contributed by atoms with E-state index in [1.807, 2.05) is 44.2 Å². The Labute approximate surface area is 266 Å². The number of nitrogens with zero attached hydrogens (tertiary/aromatic N) is 2. The molecule has 5 nitrogen and oxygen atoms in total. The van der Waals surface area contributed by atoms with Gasteiger partial charge in [0, 0.05) is 15.6 Å². The molecular weight excluding hydrogens is 662 g/mol. The van der Waals surface area contributed by atoms with E-state index in [0.29, 0.717) is 58.6 Å². The van der Waals surface area contributed by atoms with Crippen LogP contribution >= 0.6 is 50.9 Å². The fourth-order valence-corrected chi connectivity index (χ4v) is 6.06. The van der Waals surface area contributed by atoms with E-state index in [9.17, 15) is 9.18 Å². The topological polar surface area (TPSA) is 51.1 Å². The van der Waals surface area contributed by atoms with Crippen molar-refractivity contribution in [3.8, 4) is 11.5 Å². The third kappa shape index (κ3) is 6.52. The Morgan fingerprint density at radius 2 is 1.71 bits per heavy atom. The number of methoxy groups -OCH3 is 1. The van der Waals surface area contributed by atoms with Gasteiger partial charge in [0.15, 0.2) is 16.7 Å². The standard InChI is InChI=1S/C32H24BrCl2FN2O3S/c1-18-8-10-22(15-25(18)34)37-32-38(23-11-9-19(2)26(35)16-23)31(39)29(42-32)14-20-12-24(33)30(28(13-20)40-3)41-17-21-6-4-5-7-27(21)36/h4-16H,17H2,1-3H3/b29-14+,37-32?. The number of ether oxygens (including phenoxy) is 2. The first-order valence-corrected chi connectivity index (χ1v) is 15.1. The van der Waals surface area contributed by atoms with Gasteiger partial charge >= 0.3 is 0 Å². The number of rotatable bonds is 7. The van der Waals surface area contributed by atoms with Gasteiger partial charge in [0.05, 0.1) is 27.9 Å². The van der Waals surface area contributed by atoms with Crippen molar-refractivity contribution >= 4 is 79.4 Å². The molecule has 1 aliphatic rings. The van der Waals surface area contributed by atoms with E-state index in [1.54, 1.807) is 42.5 Å². The summed E-state index contributed by atoms with van der Waals surface area (Å²) in [5.41, 5.74) is 4.15. The smallest absolute Gasteiger partial charge is 0.271 e. The highest BCUT2D eigenvalue weighted by molar-refractivity contribution is 9.10. The van der Waals surface area contributed by atoms with Crippen LogP contribution in [0.25, 0.3) is 6.08 Å². The molecule has 10 heteroatoms. The molecule has 1 saturated heterocycles. The summed E-state index contributed by atoms with van der Waals surface area (Å²) < 4.78 is 26.2. The Hall–Kier alpha value is -3.30. The molecule has 0 unspecified atom stereocenters. The highest BCUT2D eigenvalue weighted by Crippen LogP contribution is 2.41. The Bertz CT molecular complexity index is 1760. The van der Waals surface area contributed by atoms with Crippen LogP contribution in [0.5, 0.6) is 11.5 Å². The maximum Gasteiger partial charge on any atom is 0.271 e. The van der Waals surface area contributed by atoms with Gasteiger partial charge < -0.3 is 9.47 Å². The van der Waals surface area contributed by atoms with Crippen LogP contribution in [0.3, 0.4) is 0 Å². The van der Waals surface area contributed by atoms with Crippen molar-refractivity contribution in [1.29, 1.82) is 0 Å². The molecule has 5 rings (SSSR count). The third-order valence-electron chi connectivity index (χ3n) is 6.48. The predicted octanol–water partition coefficient (Wildman–Crippen LogP) is 9.91.